The fourth-order valence-corrected chi connectivity index (χ4v) is 5.61. The van der Waals surface area contributed by atoms with E-state index in [0.717, 1.165) is 13.4 Å². The Bertz CT molecular complexity index is 1400. The van der Waals surface area contributed by atoms with Crippen molar-refractivity contribution in [3.63, 3.8) is 0 Å². The number of nitrogens with one attached hydrogen (secondary N) is 2. The number of nitrogens with zero attached hydrogens (tertiary/aromatic N) is 2. The predicted molar refractivity (Wildman–Crippen MR) is 179 cm³/mol. The second-order valence-corrected chi connectivity index (χ2v) is 11.8. The van der Waals surface area contributed by atoms with Gasteiger partial charge in [0.15, 0.2) is 18.4 Å². The van der Waals surface area contributed by atoms with Gasteiger partial charge in [-0.2, -0.15) is 0 Å². The van der Waals surface area contributed by atoms with Gasteiger partial charge in [-0.1, -0.05) is 18.2 Å². The summed E-state index contributed by atoms with van der Waals surface area (Å²) in [6, 6.07) is 0. The van der Waals surface area contributed by atoms with Crippen LogP contribution in [0.3, 0.4) is 0 Å². The second kappa shape index (κ2) is 19.8. The van der Waals surface area contributed by atoms with Crippen LogP contribution in [0.25, 0.3) is 0 Å². The number of β-amino-alcohol motifs (C(OH)–C–C–N with tert-alkyl or cyclic N) is 1. The third-order valence-corrected chi connectivity index (χ3v) is 8.37. The standard InChI is InChI=1S/C32H49N5O15/c1-4-18-19(7-6-17-12-37(9-11-39)13-20(27(43)44)24(17)36-31(33)35-8-5-10-38)21(28(45)48-3)16-49-29(18)52-30-26(51-23(15-41)34-2)32(46,47)25(42)22(14-40)50-30/h4,6-7,12,16,18-19,22-23,25-26,29-30,34,38-42,46-47H,1,5,8-11,13-15H2,2-3H3,(H,43,44)(H3,33,35,36). The van der Waals surface area contributed by atoms with Gasteiger partial charge in [0, 0.05) is 37.4 Å². The fraction of sp³-hybridized carbons (Fsp3) is 0.594. The molecule has 3 rings (SSSR count). The number of carbonyl (C=O) groups is 2. The molecule has 1 fully saturated rings. The van der Waals surface area contributed by atoms with E-state index < -0.39 is 79.9 Å². The quantitative estimate of drug-likeness (QED) is 0.0159. The Morgan fingerprint density at radius 3 is 2.54 bits per heavy atom. The molecule has 12 N–H and O–H groups in total. The summed E-state index contributed by atoms with van der Waals surface area (Å²) >= 11 is 0. The Morgan fingerprint density at radius 1 is 1.23 bits per heavy atom. The van der Waals surface area contributed by atoms with Crippen LogP contribution in [0.5, 0.6) is 0 Å². The van der Waals surface area contributed by atoms with Gasteiger partial charge in [-0.3, -0.25) is 10.3 Å². The molecular formula is C32H49N5O15. The highest BCUT2D eigenvalue weighted by Gasteiger charge is 2.58. The van der Waals surface area contributed by atoms with Crippen molar-refractivity contribution in [2.75, 3.05) is 60.2 Å². The minimum Gasteiger partial charge on any atom is -0.478 e. The summed E-state index contributed by atoms with van der Waals surface area (Å²) in [5.74, 6) is -7.24. The number of rotatable bonds is 18. The number of hydrogen-bond acceptors (Lipinski definition) is 17. The highest BCUT2D eigenvalue weighted by Crippen LogP contribution is 2.38. The second-order valence-electron chi connectivity index (χ2n) is 11.8. The van der Waals surface area contributed by atoms with E-state index in [0.29, 0.717) is 6.42 Å². The number of methoxy groups -OCH3 is 1. The third kappa shape index (κ3) is 10.1. The number of nitrogens with two attached hydrogens (primary N) is 1. The first-order valence-corrected chi connectivity index (χ1v) is 16.3. The number of carbonyl (C=O) groups excluding carboxylic acids is 1. The lowest BCUT2D eigenvalue weighted by Gasteiger charge is -2.48. The number of esters is 1. The minimum absolute atomic E-state index is 0.0237. The van der Waals surface area contributed by atoms with Gasteiger partial charge in [0.2, 0.25) is 12.1 Å². The summed E-state index contributed by atoms with van der Waals surface area (Å²) in [4.78, 5) is 31.0. The topological polar surface area (TPSA) is 308 Å². The molecule has 1 saturated heterocycles. The molecule has 0 aromatic rings. The monoisotopic (exact) mass is 743 g/mol. The maximum absolute atomic E-state index is 13.0. The third-order valence-electron chi connectivity index (χ3n) is 8.37. The van der Waals surface area contributed by atoms with E-state index in [2.05, 4.69) is 22.2 Å². The van der Waals surface area contributed by atoms with Crippen LogP contribution in [0.2, 0.25) is 0 Å². The lowest BCUT2D eigenvalue weighted by atomic mass is 9.83. The summed E-state index contributed by atoms with van der Waals surface area (Å²) in [6.45, 7) is 2.06. The molecule has 20 nitrogen and oxygen atoms in total. The zero-order valence-corrected chi connectivity index (χ0v) is 28.8. The van der Waals surface area contributed by atoms with E-state index in [4.69, 9.17) is 34.5 Å². The van der Waals surface area contributed by atoms with Crippen molar-refractivity contribution >= 4 is 17.9 Å². The molecule has 8 atom stereocenters. The van der Waals surface area contributed by atoms with Gasteiger partial charge in [-0.15, -0.1) is 6.58 Å². The number of guanidine groups is 1. The van der Waals surface area contributed by atoms with Crippen LogP contribution in [0.1, 0.15) is 6.42 Å². The van der Waals surface area contributed by atoms with Crippen LogP contribution in [0.15, 0.2) is 64.7 Å². The maximum atomic E-state index is 13.0. The van der Waals surface area contributed by atoms with Gasteiger partial charge in [0.1, 0.15) is 18.4 Å². The molecule has 0 aromatic carbocycles. The Balaban J connectivity index is 2.07. The summed E-state index contributed by atoms with van der Waals surface area (Å²) in [5, 5.41) is 86.0. The van der Waals surface area contributed by atoms with Crippen molar-refractivity contribution in [3.8, 4) is 0 Å². The molecule has 0 amide bonds. The number of carboxylic acids is 1. The Morgan fingerprint density at radius 2 is 1.96 bits per heavy atom. The first kappa shape index (κ1) is 42.5. The number of aliphatic carboxylic acids is 1. The van der Waals surface area contributed by atoms with Gasteiger partial charge in [0.05, 0.1) is 62.5 Å². The van der Waals surface area contributed by atoms with Crippen molar-refractivity contribution in [1.29, 1.82) is 0 Å². The number of allylic oxidation sites excluding steroid dienone is 2. The summed E-state index contributed by atoms with van der Waals surface area (Å²) in [7, 11) is 2.56. The first-order chi connectivity index (χ1) is 24.8. The molecule has 0 aromatic heterocycles. The van der Waals surface area contributed by atoms with E-state index in [1.165, 1.54) is 25.3 Å². The molecule has 0 aliphatic carbocycles. The molecule has 3 aliphatic heterocycles. The van der Waals surface area contributed by atoms with Crippen molar-refractivity contribution in [2.24, 2.45) is 22.6 Å². The van der Waals surface area contributed by atoms with Crippen LogP contribution in [-0.4, -0.2) is 167 Å². The van der Waals surface area contributed by atoms with Gasteiger partial charge < -0.3 is 80.5 Å². The highest BCUT2D eigenvalue weighted by molar-refractivity contribution is 5.92. The van der Waals surface area contributed by atoms with Crippen molar-refractivity contribution in [2.45, 2.75) is 49.3 Å². The van der Waals surface area contributed by atoms with Gasteiger partial charge in [0.25, 0.3) is 0 Å². The van der Waals surface area contributed by atoms with Crippen molar-refractivity contribution < 1.29 is 74.1 Å². The summed E-state index contributed by atoms with van der Waals surface area (Å²) in [6.07, 6.45) is -2.58. The number of hydrogen-bond donors (Lipinski definition) is 11. The van der Waals surface area contributed by atoms with Crippen LogP contribution in [0.4, 0.5) is 0 Å². The summed E-state index contributed by atoms with van der Waals surface area (Å²) < 4.78 is 28.0. The molecular weight excluding hydrogens is 694 g/mol. The minimum atomic E-state index is -3.07. The van der Waals surface area contributed by atoms with E-state index >= 15 is 0 Å². The zero-order valence-electron chi connectivity index (χ0n) is 28.8. The van der Waals surface area contributed by atoms with Gasteiger partial charge in [-0.25, -0.2) is 9.59 Å². The molecule has 3 aliphatic rings. The average molecular weight is 744 g/mol. The molecule has 0 bridgehead atoms. The number of aliphatic hydroxyl groups is 7. The smallest absolute Gasteiger partial charge is 0.337 e. The molecule has 52 heavy (non-hydrogen) atoms. The molecule has 8 unspecified atom stereocenters. The molecule has 292 valence electrons. The number of likely N-dealkylation sites (N-methyl/N-ethyl adjacent to an activating group) is 1. The fourth-order valence-electron chi connectivity index (χ4n) is 5.61. The molecule has 3 heterocycles. The SMILES string of the molecule is C=CC1C(OC2OC(CO)C(O)C(O)(O)C2OC(CO)NC)OC=C(C(=O)OC)C1C=CC1=CN(CCO)CC(C(=O)O)=C1NC(N)=NCCCO. The molecule has 0 saturated carbocycles. The van der Waals surface area contributed by atoms with Crippen LogP contribution in [-0.2, 0) is 33.3 Å². The molecule has 0 spiro atoms. The predicted octanol–water partition coefficient (Wildman–Crippen LogP) is -4.11. The van der Waals surface area contributed by atoms with E-state index in [1.54, 1.807) is 11.1 Å². The van der Waals surface area contributed by atoms with E-state index in [9.17, 15) is 45.3 Å². The number of aliphatic hydroxyl groups excluding tert-OH is 5. The van der Waals surface area contributed by atoms with Crippen LogP contribution in [0, 0.1) is 11.8 Å². The zero-order chi connectivity index (χ0) is 38.6. The summed E-state index contributed by atoms with van der Waals surface area (Å²) in [5.41, 5.74) is 6.22. The normalized spacial score (nSPS) is 28.5. The maximum Gasteiger partial charge on any atom is 0.337 e. The van der Waals surface area contributed by atoms with Crippen molar-refractivity contribution in [3.05, 3.63) is 59.7 Å². The lowest BCUT2D eigenvalue weighted by molar-refractivity contribution is -0.416. The van der Waals surface area contributed by atoms with E-state index in [-0.39, 0.29) is 61.2 Å². The Hall–Kier alpha value is -3.93. The molecule has 20 heteroatoms. The van der Waals surface area contributed by atoms with Crippen LogP contribution >= 0.6 is 0 Å². The van der Waals surface area contributed by atoms with Gasteiger partial charge in [-0.05, 0) is 13.5 Å². The van der Waals surface area contributed by atoms with E-state index in [1.807, 2.05) is 0 Å². The Labute approximate surface area is 299 Å². The lowest BCUT2D eigenvalue weighted by Crippen LogP contribution is -2.69. The van der Waals surface area contributed by atoms with Crippen LogP contribution < -0.4 is 16.4 Å². The highest BCUT2D eigenvalue weighted by atomic mass is 16.8. The Kier molecular flexibility index (Phi) is 16.2. The molecule has 0 radical (unpaired) electrons. The van der Waals surface area contributed by atoms with Crippen molar-refractivity contribution in [1.82, 2.24) is 15.5 Å². The first-order valence-electron chi connectivity index (χ1n) is 16.3. The largest absolute Gasteiger partial charge is 0.478 e. The average Bonchev–Trinajstić information content (AvgIpc) is 3.12. The van der Waals surface area contributed by atoms with Gasteiger partial charge >= 0.3 is 11.9 Å². The number of carboxylic acid groups (broad SMARTS) is 1. The number of aliphatic imine (C=N–C) groups is 1. The number of ether oxygens (including phenoxy) is 5.